The Labute approximate surface area is 160 Å². The molecule has 3 atom stereocenters. The first-order valence-corrected chi connectivity index (χ1v) is 9.76. The molecule has 4 rings (SSSR count). The minimum absolute atomic E-state index is 0.0901. The van der Waals surface area contributed by atoms with Crippen LogP contribution in [0.5, 0.6) is 0 Å². The van der Waals surface area contributed by atoms with E-state index in [0.717, 1.165) is 22.2 Å². The fourth-order valence-corrected chi connectivity index (χ4v) is 4.13. The van der Waals surface area contributed by atoms with Gasteiger partial charge in [0, 0.05) is 19.5 Å². The fraction of sp³-hybridized carbons (Fsp3) is 0.263. The summed E-state index contributed by atoms with van der Waals surface area (Å²) in [5, 5.41) is -1.83. The van der Waals surface area contributed by atoms with Crippen molar-refractivity contribution in [3.05, 3.63) is 70.1 Å². The largest absolute Gasteiger partial charge is 0.335 e. The maximum Gasteiger partial charge on any atom is 0.332 e. The van der Waals surface area contributed by atoms with E-state index in [0.29, 0.717) is 19.6 Å². The number of carbonyl (C=O) groups excluding carboxylic acids is 1. The van der Waals surface area contributed by atoms with E-state index in [1.54, 1.807) is 8.90 Å². The number of benzene rings is 2. The highest BCUT2D eigenvalue weighted by Crippen LogP contribution is 2.34. The number of aromatic nitrogens is 2. The molecule has 1 saturated heterocycles. The van der Waals surface area contributed by atoms with Crippen LogP contribution in [0.1, 0.15) is 17.5 Å². The summed E-state index contributed by atoms with van der Waals surface area (Å²) >= 11 is 0. The minimum atomic E-state index is -1.83. The molecule has 27 heavy (non-hydrogen) atoms. The summed E-state index contributed by atoms with van der Waals surface area (Å²) in [5.41, 5.74) is 3.58. The van der Waals surface area contributed by atoms with Crippen LogP contribution < -0.4 is 5.69 Å². The zero-order valence-electron chi connectivity index (χ0n) is 14.6. The third kappa shape index (κ3) is 3.33. The predicted octanol–water partition coefficient (Wildman–Crippen LogP) is 2.76. The number of carbonyl (C=O) groups is 1. The van der Waals surface area contributed by atoms with Crippen molar-refractivity contribution in [3.8, 4) is 0 Å². The second-order valence-electron chi connectivity index (χ2n) is 6.88. The van der Waals surface area contributed by atoms with Crippen molar-refractivity contribution in [2.75, 3.05) is 6.54 Å². The molecule has 2 heterocycles. The quantitative estimate of drug-likeness (QED) is 0.629. The van der Waals surface area contributed by atoms with E-state index in [1.165, 1.54) is 4.90 Å². The molecule has 140 valence electrons. The molecule has 0 aliphatic carbocycles. The van der Waals surface area contributed by atoms with Crippen LogP contribution in [0.15, 0.2) is 53.3 Å². The maximum absolute atomic E-state index is 14.0. The van der Waals surface area contributed by atoms with Gasteiger partial charge in [0.1, 0.15) is 0 Å². The molecule has 2 aromatic carbocycles. The Balaban J connectivity index is 1.53. The van der Waals surface area contributed by atoms with Crippen LogP contribution in [0.25, 0.3) is 11.0 Å². The zero-order valence-corrected chi connectivity index (χ0v) is 16.9. The number of halogens is 1. The number of rotatable bonds is 4. The second-order valence-corrected chi connectivity index (χ2v) is 8.31. The normalized spacial score (nSPS) is 20.0. The van der Waals surface area contributed by atoms with Gasteiger partial charge in [0.2, 0.25) is 5.41 Å². The molecule has 0 bridgehead atoms. The monoisotopic (exact) mass is 403 g/mol. The van der Waals surface area contributed by atoms with Crippen molar-refractivity contribution >= 4 is 35.6 Å². The summed E-state index contributed by atoms with van der Waals surface area (Å²) in [5.74, 6) is -0.476. The van der Waals surface area contributed by atoms with Crippen LogP contribution in [0.3, 0.4) is 0 Å². The van der Waals surface area contributed by atoms with E-state index >= 15 is 0 Å². The van der Waals surface area contributed by atoms with Gasteiger partial charge in [0.05, 0.1) is 17.6 Å². The van der Waals surface area contributed by atoms with Crippen molar-refractivity contribution in [3.63, 3.8) is 0 Å². The molecular weight excluding hydrogens is 383 g/mol. The summed E-state index contributed by atoms with van der Waals surface area (Å²) in [6.45, 7) is 1.27. The fourth-order valence-electron chi connectivity index (χ4n) is 3.46. The van der Waals surface area contributed by atoms with E-state index in [4.69, 9.17) is 0 Å². The molecule has 0 spiro atoms. The first kappa shape index (κ1) is 18.3. The second kappa shape index (κ2) is 6.85. The minimum Gasteiger partial charge on any atom is -0.335 e. The summed E-state index contributed by atoms with van der Waals surface area (Å²) < 4.78 is 17.3. The number of likely N-dealkylation sites (tertiary alicyclic amines) is 1. The topological polar surface area (TPSA) is 47.2 Å². The van der Waals surface area contributed by atoms with E-state index in [-0.39, 0.29) is 12.1 Å². The Bertz CT molecular complexity index is 1070. The Kier molecular flexibility index (Phi) is 4.65. The van der Waals surface area contributed by atoms with Crippen LogP contribution in [0, 0.1) is 0 Å². The van der Waals surface area contributed by atoms with Gasteiger partial charge in [-0.1, -0.05) is 45.6 Å². The molecule has 3 unspecified atom stereocenters. The van der Waals surface area contributed by atoms with Crippen molar-refractivity contribution in [1.29, 1.82) is 0 Å². The average Bonchev–Trinajstić information content (AvgIpc) is 3.06. The van der Waals surface area contributed by atoms with E-state index in [9.17, 15) is 14.0 Å². The SMILES string of the molecule is O=C1N(Cc2ccc(Cn3c(=O)n(P)c4ccccc43)cc2)CCC1(F)P. The molecule has 0 radical (unpaired) electrons. The van der Waals surface area contributed by atoms with Crippen LogP contribution in [-0.4, -0.2) is 31.7 Å². The van der Waals surface area contributed by atoms with E-state index in [1.807, 2.05) is 57.8 Å². The Morgan fingerprint density at radius 3 is 2.15 bits per heavy atom. The molecule has 1 aliphatic rings. The molecule has 1 fully saturated rings. The average molecular weight is 403 g/mol. The summed E-state index contributed by atoms with van der Waals surface area (Å²) in [7, 11) is 4.46. The van der Waals surface area contributed by atoms with Gasteiger partial charge in [0.15, 0.2) is 0 Å². The lowest BCUT2D eigenvalue weighted by Gasteiger charge is -2.17. The summed E-state index contributed by atoms with van der Waals surface area (Å²) in [6, 6.07) is 15.4. The number of alkyl halides is 1. The lowest BCUT2D eigenvalue weighted by molar-refractivity contribution is -0.133. The van der Waals surface area contributed by atoms with E-state index in [2.05, 4.69) is 9.39 Å². The third-order valence-electron chi connectivity index (χ3n) is 4.99. The molecule has 1 amide bonds. The molecular formula is C19H20FN3O2P2. The third-order valence-corrected chi connectivity index (χ3v) is 6.03. The predicted molar refractivity (Wildman–Crippen MR) is 110 cm³/mol. The molecule has 0 saturated carbocycles. The van der Waals surface area contributed by atoms with Crippen LogP contribution >= 0.6 is 18.6 Å². The summed E-state index contributed by atoms with van der Waals surface area (Å²) in [6.07, 6.45) is 0.205. The van der Waals surface area contributed by atoms with Gasteiger partial charge in [-0.2, -0.15) is 0 Å². The lowest BCUT2D eigenvalue weighted by atomic mass is 10.1. The van der Waals surface area contributed by atoms with Crippen molar-refractivity contribution < 1.29 is 9.18 Å². The highest BCUT2D eigenvalue weighted by atomic mass is 31.0. The molecule has 1 aromatic heterocycles. The van der Waals surface area contributed by atoms with Crippen molar-refractivity contribution in [2.45, 2.75) is 24.9 Å². The number of para-hydroxylation sites is 2. The molecule has 1 aliphatic heterocycles. The standard InChI is InChI=1S/C19H20FN3O2P2/c20-19(26)9-10-21(17(19)24)11-13-5-7-14(8-6-13)12-22-15-3-1-2-4-16(15)23(27)18(22)25/h1-8H,9-12,26-27H2. The number of hydrogen-bond acceptors (Lipinski definition) is 2. The number of amides is 1. The molecule has 0 N–H and O–H groups in total. The first-order chi connectivity index (χ1) is 12.9. The Morgan fingerprint density at radius 1 is 0.963 bits per heavy atom. The van der Waals surface area contributed by atoms with Gasteiger partial charge in [0.25, 0.3) is 5.91 Å². The number of imidazole rings is 1. The molecule has 8 heteroatoms. The maximum atomic E-state index is 14.0. The lowest BCUT2D eigenvalue weighted by Crippen LogP contribution is -2.31. The van der Waals surface area contributed by atoms with Crippen molar-refractivity contribution in [2.24, 2.45) is 0 Å². The van der Waals surface area contributed by atoms with E-state index < -0.39 is 11.3 Å². The van der Waals surface area contributed by atoms with Crippen LogP contribution in [-0.2, 0) is 17.9 Å². The van der Waals surface area contributed by atoms with Gasteiger partial charge < -0.3 is 4.90 Å². The van der Waals surface area contributed by atoms with Gasteiger partial charge in [-0.25, -0.2) is 9.18 Å². The zero-order chi connectivity index (χ0) is 19.2. The molecule has 3 aromatic rings. The number of fused-ring (bicyclic) bond motifs is 1. The number of hydrogen-bond donors (Lipinski definition) is 0. The van der Waals surface area contributed by atoms with Gasteiger partial charge in [-0.05, 0) is 32.7 Å². The molecule has 5 nitrogen and oxygen atoms in total. The smallest absolute Gasteiger partial charge is 0.332 e. The summed E-state index contributed by atoms with van der Waals surface area (Å²) in [4.78, 5) is 26.0. The van der Waals surface area contributed by atoms with Crippen molar-refractivity contribution in [1.82, 2.24) is 13.8 Å². The van der Waals surface area contributed by atoms with Gasteiger partial charge in [-0.3, -0.25) is 13.7 Å². The van der Waals surface area contributed by atoms with Crippen LogP contribution in [0.2, 0.25) is 0 Å². The Morgan fingerprint density at radius 2 is 1.56 bits per heavy atom. The highest BCUT2D eigenvalue weighted by molar-refractivity contribution is 7.20. The highest BCUT2D eigenvalue weighted by Gasteiger charge is 2.43. The Hall–Kier alpha value is -2.03. The van der Waals surface area contributed by atoms with Gasteiger partial charge >= 0.3 is 5.69 Å². The van der Waals surface area contributed by atoms with Crippen LogP contribution in [0.4, 0.5) is 4.39 Å². The van der Waals surface area contributed by atoms with Gasteiger partial charge in [-0.15, -0.1) is 0 Å². The number of nitrogens with zero attached hydrogens (tertiary/aromatic N) is 3. The first-order valence-electron chi connectivity index (χ1n) is 8.67.